The Labute approximate surface area is 86.9 Å². The molecule has 1 unspecified atom stereocenters. The molecule has 13 heavy (non-hydrogen) atoms. The van der Waals surface area contributed by atoms with Crippen LogP contribution in [-0.2, 0) is 9.53 Å². The van der Waals surface area contributed by atoms with Gasteiger partial charge >= 0.3 is 5.97 Å². The van der Waals surface area contributed by atoms with Crippen molar-refractivity contribution in [3.05, 3.63) is 11.5 Å². The van der Waals surface area contributed by atoms with E-state index < -0.39 is 0 Å². The predicted octanol–water partition coefficient (Wildman–Crippen LogP) is 3.00. The lowest BCUT2D eigenvalue weighted by atomic mass is 10.3. The number of hydrogen-bond donors (Lipinski definition) is 0. The Kier molecular flexibility index (Phi) is 5.39. The van der Waals surface area contributed by atoms with Crippen LogP contribution in [0.3, 0.4) is 0 Å². The highest BCUT2D eigenvalue weighted by atomic mass is 33.1. The Morgan fingerprint density at radius 3 is 3.00 bits per heavy atom. The van der Waals surface area contributed by atoms with Gasteiger partial charge in [0.15, 0.2) is 0 Å². The standard InChI is InChI=1S/C9H14O2S2/c1-2-3-4-6-11-9(10)8-5-7-12-13-8/h5,7-8H,2-4,6H2,1H3. The van der Waals surface area contributed by atoms with Crippen molar-refractivity contribution in [1.29, 1.82) is 0 Å². The smallest absolute Gasteiger partial charge is 0.323 e. The fourth-order valence-corrected chi connectivity index (χ4v) is 2.92. The van der Waals surface area contributed by atoms with Crippen molar-refractivity contribution in [2.24, 2.45) is 0 Å². The highest BCUT2D eigenvalue weighted by molar-refractivity contribution is 8.78. The van der Waals surface area contributed by atoms with E-state index in [2.05, 4.69) is 6.92 Å². The third-order valence-electron chi connectivity index (χ3n) is 1.69. The summed E-state index contributed by atoms with van der Waals surface area (Å²) in [4.78, 5) is 11.3. The van der Waals surface area contributed by atoms with E-state index in [1.165, 1.54) is 0 Å². The molecule has 0 radical (unpaired) electrons. The quantitative estimate of drug-likeness (QED) is 0.402. The van der Waals surface area contributed by atoms with Crippen LogP contribution in [0.4, 0.5) is 0 Å². The van der Waals surface area contributed by atoms with Crippen LogP contribution in [-0.4, -0.2) is 17.8 Å². The maximum Gasteiger partial charge on any atom is 0.323 e. The first-order valence-corrected chi connectivity index (χ1v) is 6.77. The number of carbonyl (C=O) groups is 1. The minimum atomic E-state index is -0.0950. The molecule has 0 fully saturated rings. The second-order valence-corrected chi connectivity index (χ2v) is 5.14. The Bertz CT molecular complexity index is 192. The average Bonchev–Trinajstić information content (AvgIpc) is 2.65. The van der Waals surface area contributed by atoms with E-state index in [1.54, 1.807) is 21.6 Å². The summed E-state index contributed by atoms with van der Waals surface area (Å²) in [5.41, 5.74) is 0. The van der Waals surface area contributed by atoms with E-state index in [9.17, 15) is 4.79 Å². The average molecular weight is 218 g/mol. The zero-order valence-corrected chi connectivity index (χ0v) is 9.33. The molecule has 74 valence electrons. The second-order valence-electron chi connectivity index (χ2n) is 2.82. The molecule has 0 aliphatic carbocycles. The van der Waals surface area contributed by atoms with Gasteiger partial charge in [0, 0.05) is 0 Å². The lowest BCUT2D eigenvalue weighted by molar-refractivity contribution is -0.142. The summed E-state index contributed by atoms with van der Waals surface area (Å²) in [6.07, 6.45) is 5.16. The van der Waals surface area contributed by atoms with Crippen LogP contribution in [0.2, 0.25) is 0 Å². The molecular weight excluding hydrogens is 204 g/mol. The highest BCUT2D eigenvalue weighted by Crippen LogP contribution is 2.35. The van der Waals surface area contributed by atoms with Crippen LogP contribution in [0.25, 0.3) is 0 Å². The molecule has 0 saturated carbocycles. The summed E-state index contributed by atoms with van der Waals surface area (Å²) in [7, 11) is 3.13. The second kappa shape index (κ2) is 6.38. The van der Waals surface area contributed by atoms with Gasteiger partial charge in [0.2, 0.25) is 0 Å². The largest absolute Gasteiger partial charge is 0.465 e. The van der Waals surface area contributed by atoms with Gasteiger partial charge in [0.25, 0.3) is 0 Å². The van der Waals surface area contributed by atoms with Crippen molar-refractivity contribution >= 4 is 27.6 Å². The molecule has 1 heterocycles. The normalized spacial score (nSPS) is 20.5. The van der Waals surface area contributed by atoms with Crippen molar-refractivity contribution in [2.45, 2.75) is 31.4 Å². The van der Waals surface area contributed by atoms with Crippen LogP contribution in [0.5, 0.6) is 0 Å². The molecule has 0 aromatic carbocycles. The summed E-state index contributed by atoms with van der Waals surface area (Å²) >= 11 is 0. The Morgan fingerprint density at radius 2 is 2.38 bits per heavy atom. The van der Waals surface area contributed by atoms with Crippen molar-refractivity contribution in [1.82, 2.24) is 0 Å². The maximum atomic E-state index is 11.3. The SMILES string of the molecule is CCCCCOC(=O)C1C=CSS1. The van der Waals surface area contributed by atoms with Gasteiger partial charge in [-0.3, -0.25) is 4.79 Å². The van der Waals surface area contributed by atoms with Gasteiger partial charge in [-0.2, -0.15) is 0 Å². The zero-order valence-electron chi connectivity index (χ0n) is 7.69. The molecule has 0 aromatic heterocycles. The molecule has 1 aliphatic rings. The molecule has 0 saturated heterocycles. The third kappa shape index (κ3) is 4.09. The molecule has 0 spiro atoms. The lowest BCUT2D eigenvalue weighted by Gasteiger charge is -2.06. The van der Waals surface area contributed by atoms with E-state index in [0.717, 1.165) is 19.3 Å². The Balaban J connectivity index is 2.07. The van der Waals surface area contributed by atoms with Crippen LogP contribution in [0.15, 0.2) is 11.5 Å². The summed E-state index contributed by atoms with van der Waals surface area (Å²) in [6.45, 7) is 2.70. The van der Waals surface area contributed by atoms with Crippen molar-refractivity contribution in [3.8, 4) is 0 Å². The number of ether oxygens (including phenoxy) is 1. The van der Waals surface area contributed by atoms with E-state index in [4.69, 9.17) is 4.74 Å². The van der Waals surface area contributed by atoms with Gasteiger partial charge in [-0.25, -0.2) is 0 Å². The van der Waals surface area contributed by atoms with E-state index in [-0.39, 0.29) is 11.2 Å². The number of carbonyl (C=O) groups excluding carboxylic acids is 1. The molecular formula is C9H14O2S2. The van der Waals surface area contributed by atoms with Crippen LogP contribution in [0.1, 0.15) is 26.2 Å². The first-order valence-electron chi connectivity index (χ1n) is 4.50. The maximum absolute atomic E-state index is 11.3. The summed E-state index contributed by atoms with van der Waals surface area (Å²) in [6, 6.07) is 0. The van der Waals surface area contributed by atoms with Crippen LogP contribution >= 0.6 is 21.6 Å². The number of esters is 1. The number of hydrogen-bond acceptors (Lipinski definition) is 4. The van der Waals surface area contributed by atoms with E-state index in [0.29, 0.717) is 6.61 Å². The molecule has 0 bridgehead atoms. The fourth-order valence-electron chi connectivity index (χ4n) is 0.952. The van der Waals surface area contributed by atoms with Gasteiger partial charge < -0.3 is 4.74 Å². The topological polar surface area (TPSA) is 26.3 Å². The van der Waals surface area contributed by atoms with Gasteiger partial charge in [0.05, 0.1) is 6.61 Å². The molecule has 1 atom stereocenters. The predicted molar refractivity (Wildman–Crippen MR) is 58.6 cm³/mol. The summed E-state index contributed by atoms with van der Waals surface area (Å²) in [5, 5.41) is 1.86. The fraction of sp³-hybridized carbons (Fsp3) is 0.667. The first kappa shape index (κ1) is 11.0. The summed E-state index contributed by atoms with van der Waals surface area (Å²) < 4.78 is 5.10. The number of unbranched alkanes of at least 4 members (excludes halogenated alkanes) is 2. The highest BCUT2D eigenvalue weighted by Gasteiger charge is 2.20. The zero-order chi connectivity index (χ0) is 9.52. The van der Waals surface area contributed by atoms with Crippen LogP contribution in [0, 0.1) is 0 Å². The molecule has 4 heteroatoms. The van der Waals surface area contributed by atoms with Crippen LogP contribution < -0.4 is 0 Å². The van der Waals surface area contributed by atoms with Gasteiger partial charge in [0.1, 0.15) is 5.25 Å². The minimum absolute atomic E-state index is 0.0772. The van der Waals surface area contributed by atoms with E-state index in [1.807, 2.05) is 11.5 Å². The minimum Gasteiger partial charge on any atom is -0.465 e. The Morgan fingerprint density at radius 1 is 1.54 bits per heavy atom. The lowest BCUT2D eigenvalue weighted by Crippen LogP contribution is -2.16. The monoisotopic (exact) mass is 218 g/mol. The van der Waals surface area contributed by atoms with Gasteiger partial charge in [-0.05, 0) is 11.8 Å². The van der Waals surface area contributed by atoms with E-state index >= 15 is 0 Å². The molecule has 1 aliphatic heterocycles. The molecule has 0 N–H and O–H groups in total. The number of rotatable bonds is 5. The molecule has 0 amide bonds. The van der Waals surface area contributed by atoms with Gasteiger partial charge in [-0.15, -0.1) is 0 Å². The van der Waals surface area contributed by atoms with Gasteiger partial charge in [-0.1, -0.05) is 47.4 Å². The third-order valence-corrected chi connectivity index (χ3v) is 3.92. The van der Waals surface area contributed by atoms with Crippen molar-refractivity contribution < 1.29 is 9.53 Å². The molecule has 2 nitrogen and oxygen atoms in total. The first-order chi connectivity index (χ1) is 6.34. The molecule has 1 rings (SSSR count). The van der Waals surface area contributed by atoms with Crippen molar-refractivity contribution in [3.63, 3.8) is 0 Å². The summed E-state index contributed by atoms with van der Waals surface area (Å²) in [5.74, 6) is -0.0950. The van der Waals surface area contributed by atoms with Crippen molar-refractivity contribution in [2.75, 3.05) is 6.61 Å². The molecule has 0 aromatic rings. The Hall–Kier alpha value is -0.0900.